The number of amides is 1. The number of ether oxygens (including phenoxy) is 2. The van der Waals surface area contributed by atoms with E-state index >= 15 is 0 Å². The molecule has 0 aliphatic heterocycles. The van der Waals surface area contributed by atoms with Crippen LogP contribution in [0.1, 0.15) is 23.7 Å². The quantitative estimate of drug-likeness (QED) is 0.414. The highest BCUT2D eigenvalue weighted by Gasteiger charge is 2.27. The number of sulfonamides is 1. The van der Waals surface area contributed by atoms with Crippen LogP contribution in [0, 0.1) is 5.82 Å². The fourth-order valence-electron chi connectivity index (χ4n) is 2.88. The Morgan fingerprint density at radius 1 is 1.19 bits per heavy atom. The lowest BCUT2D eigenvalue weighted by atomic mass is 10.0. The maximum absolute atomic E-state index is 13.4. The first kappa shape index (κ1) is 22.1. The molecule has 11 heteroatoms. The number of anilines is 1. The first-order valence-corrected chi connectivity index (χ1v) is 11.0. The number of furan rings is 1. The lowest BCUT2D eigenvalue weighted by Gasteiger charge is -2.12. The minimum absolute atomic E-state index is 0.0146. The predicted octanol–water partition coefficient (Wildman–Crippen LogP) is 3.63. The normalized spacial score (nSPS) is 11.3. The van der Waals surface area contributed by atoms with E-state index in [0.29, 0.717) is 12.0 Å². The van der Waals surface area contributed by atoms with E-state index in [1.807, 2.05) is 6.92 Å². The Kier molecular flexibility index (Phi) is 6.16. The third-order valence-corrected chi connectivity index (χ3v) is 4.64. The van der Waals surface area contributed by atoms with Gasteiger partial charge in [-0.1, -0.05) is 6.92 Å². The molecule has 0 unspecified atom stereocenters. The summed E-state index contributed by atoms with van der Waals surface area (Å²) in [5.41, 5.74) is 5.35. The third-order valence-electron chi connectivity index (χ3n) is 4.05. The van der Waals surface area contributed by atoms with Crippen molar-refractivity contribution in [3.05, 3.63) is 47.8 Å². The molecule has 0 saturated carbocycles. The largest absolute Gasteiger partial charge is 0.491 e. The molecule has 2 aromatic carbocycles. The number of carbonyl (C=O) groups is 2. The van der Waals surface area contributed by atoms with Gasteiger partial charge in [0.25, 0.3) is 0 Å². The Labute approximate surface area is 177 Å². The Bertz CT molecular complexity index is 1250. The fourth-order valence-corrected chi connectivity index (χ4v) is 3.44. The van der Waals surface area contributed by atoms with E-state index in [-0.39, 0.29) is 40.3 Å². The van der Waals surface area contributed by atoms with Crippen LogP contribution in [-0.4, -0.2) is 33.3 Å². The SMILES string of the molecule is CCCOc1cc2c(C(=O)OC(N)=O)c(-c3ccc(F)cc3)oc2cc1NS(C)(=O)=O. The van der Waals surface area contributed by atoms with Crippen molar-refractivity contribution in [2.24, 2.45) is 5.73 Å². The third kappa shape index (κ3) is 5.12. The number of nitrogens with two attached hydrogens (primary N) is 1. The van der Waals surface area contributed by atoms with E-state index in [4.69, 9.17) is 14.9 Å². The van der Waals surface area contributed by atoms with E-state index in [2.05, 4.69) is 9.46 Å². The number of halogens is 1. The molecule has 0 atom stereocenters. The molecule has 31 heavy (non-hydrogen) atoms. The number of nitrogens with one attached hydrogen (secondary N) is 1. The number of fused-ring (bicyclic) bond motifs is 1. The summed E-state index contributed by atoms with van der Waals surface area (Å²) in [6.45, 7) is 2.13. The molecule has 3 rings (SSSR count). The van der Waals surface area contributed by atoms with Crippen molar-refractivity contribution in [2.45, 2.75) is 13.3 Å². The number of hydrogen-bond acceptors (Lipinski definition) is 7. The summed E-state index contributed by atoms with van der Waals surface area (Å²) in [4.78, 5) is 23.8. The number of benzene rings is 2. The molecule has 1 amide bonds. The fraction of sp³-hybridized carbons (Fsp3) is 0.200. The lowest BCUT2D eigenvalue weighted by Crippen LogP contribution is -2.18. The molecule has 0 fully saturated rings. The van der Waals surface area contributed by atoms with Crippen LogP contribution < -0.4 is 15.2 Å². The second kappa shape index (κ2) is 8.64. The van der Waals surface area contributed by atoms with Crippen LogP contribution in [0.5, 0.6) is 5.75 Å². The molecule has 0 bridgehead atoms. The van der Waals surface area contributed by atoms with E-state index in [9.17, 15) is 22.4 Å². The van der Waals surface area contributed by atoms with Gasteiger partial charge in [-0.25, -0.2) is 22.4 Å². The summed E-state index contributed by atoms with van der Waals surface area (Å²) in [5, 5.41) is 0.190. The summed E-state index contributed by atoms with van der Waals surface area (Å²) < 4.78 is 55.1. The van der Waals surface area contributed by atoms with Crippen LogP contribution in [-0.2, 0) is 14.8 Å². The smallest absolute Gasteiger partial charge is 0.412 e. The van der Waals surface area contributed by atoms with Crippen molar-refractivity contribution >= 4 is 38.7 Å². The molecular weight excluding hydrogens is 431 g/mol. The van der Waals surface area contributed by atoms with Gasteiger partial charge in [0.05, 0.1) is 18.6 Å². The molecule has 0 saturated heterocycles. The van der Waals surface area contributed by atoms with Crippen molar-refractivity contribution < 1.29 is 36.3 Å². The van der Waals surface area contributed by atoms with Crippen LogP contribution in [0.2, 0.25) is 0 Å². The van der Waals surface area contributed by atoms with Crippen LogP contribution in [0.4, 0.5) is 14.9 Å². The number of carbonyl (C=O) groups excluding carboxylic acids is 2. The Hall–Kier alpha value is -3.60. The Morgan fingerprint density at radius 2 is 1.87 bits per heavy atom. The highest BCUT2D eigenvalue weighted by Crippen LogP contribution is 2.39. The monoisotopic (exact) mass is 450 g/mol. The number of esters is 1. The minimum atomic E-state index is -3.65. The zero-order valence-electron chi connectivity index (χ0n) is 16.6. The van der Waals surface area contributed by atoms with E-state index in [0.717, 1.165) is 18.4 Å². The van der Waals surface area contributed by atoms with Gasteiger partial charge in [0, 0.05) is 17.0 Å². The highest BCUT2D eigenvalue weighted by molar-refractivity contribution is 7.92. The van der Waals surface area contributed by atoms with Gasteiger partial charge in [0.1, 0.15) is 28.5 Å². The van der Waals surface area contributed by atoms with E-state index < -0.39 is 27.9 Å². The van der Waals surface area contributed by atoms with Crippen molar-refractivity contribution in [2.75, 3.05) is 17.6 Å². The predicted molar refractivity (Wildman–Crippen MR) is 111 cm³/mol. The molecule has 3 N–H and O–H groups in total. The zero-order valence-corrected chi connectivity index (χ0v) is 17.4. The number of hydrogen-bond donors (Lipinski definition) is 2. The highest BCUT2D eigenvalue weighted by atomic mass is 32.2. The molecular formula is C20H19FN2O7S. The standard InChI is InChI=1S/C20H19FN2O7S/c1-3-8-28-16-9-13-15(10-14(16)23-31(2,26)27)29-18(11-4-6-12(21)7-5-11)17(13)19(24)30-20(22)25/h4-7,9-10,23H,3,8H2,1-2H3,(H2,22,25). The van der Waals surface area contributed by atoms with Crippen LogP contribution in [0.15, 0.2) is 40.8 Å². The summed E-state index contributed by atoms with van der Waals surface area (Å²) in [7, 11) is -3.65. The second-order valence-electron chi connectivity index (χ2n) is 6.59. The average molecular weight is 450 g/mol. The Balaban J connectivity index is 2.28. The van der Waals surface area contributed by atoms with E-state index in [1.165, 1.54) is 24.3 Å². The van der Waals surface area contributed by atoms with Crippen molar-refractivity contribution in [1.82, 2.24) is 0 Å². The van der Waals surface area contributed by atoms with Gasteiger partial charge in [-0.3, -0.25) is 4.72 Å². The summed E-state index contributed by atoms with van der Waals surface area (Å²) >= 11 is 0. The first-order chi connectivity index (χ1) is 14.6. The second-order valence-corrected chi connectivity index (χ2v) is 8.34. The molecule has 1 aromatic heterocycles. The summed E-state index contributed by atoms with van der Waals surface area (Å²) in [5.74, 6) is -1.47. The van der Waals surface area contributed by atoms with Gasteiger partial charge in [-0.05, 0) is 36.8 Å². The van der Waals surface area contributed by atoms with Gasteiger partial charge in [0.2, 0.25) is 10.0 Å². The van der Waals surface area contributed by atoms with Crippen LogP contribution in [0.3, 0.4) is 0 Å². The summed E-state index contributed by atoms with van der Waals surface area (Å²) in [6, 6.07) is 7.81. The average Bonchev–Trinajstić information content (AvgIpc) is 3.03. The summed E-state index contributed by atoms with van der Waals surface area (Å²) in [6.07, 6.45) is 0.295. The van der Waals surface area contributed by atoms with Crippen molar-refractivity contribution in [3.63, 3.8) is 0 Å². The maximum atomic E-state index is 13.4. The van der Waals surface area contributed by atoms with E-state index in [1.54, 1.807) is 0 Å². The number of primary amides is 1. The Morgan fingerprint density at radius 3 is 2.45 bits per heavy atom. The molecule has 3 aromatic rings. The van der Waals surface area contributed by atoms with Gasteiger partial charge in [-0.15, -0.1) is 0 Å². The molecule has 164 valence electrons. The molecule has 9 nitrogen and oxygen atoms in total. The molecule has 0 spiro atoms. The zero-order chi connectivity index (χ0) is 22.8. The van der Waals surface area contributed by atoms with Gasteiger partial charge in [-0.2, -0.15) is 0 Å². The maximum Gasteiger partial charge on any atom is 0.412 e. The topological polar surface area (TPSA) is 138 Å². The van der Waals surface area contributed by atoms with Gasteiger partial charge < -0.3 is 19.6 Å². The molecule has 0 aliphatic carbocycles. The molecule has 0 radical (unpaired) electrons. The van der Waals surface area contributed by atoms with Crippen molar-refractivity contribution in [3.8, 4) is 17.1 Å². The van der Waals surface area contributed by atoms with Crippen LogP contribution >= 0.6 is 0 Å². The molecule has 0 aliphatic rings. The lowest BCUT2D eigenvalue weighted by molar-refractivity contribution is 0.0640. The van der Waals surface area contributed by atoms with Crippen LogP contribution in [0.25, 0.3) is 22.3 Å². The van der Waals surface area contributed by atoms with Crippen molar-refractivity contribution in [1.29, 1.82) is 0 Å². The number of rotatable bonds is 7. The minimum Gasteiger partial charge on any atom is -0.491 e. The van der Waals surface area contributed by atoms with Gasteiger partial charge in [0.15, 0.2) is 0 Å². The molecule has 1 heterocycles. The van der Waals surface area contributed by atoms with Gasteiger partial charge >= 0.3 is 12.1 Å². The first-order valence-electron chi connectivity index (χ1n) is 9.07.